The first kappa shape index (κ1) is 15.9. The number of carbonyl (C=O) groups is 2. The van der Waals surface area contributed by atoms with Crippen LogP contribution in [0.1, 0.15) is 47.3 Å². The zero-order valence-electron chi connectivity index (χ0n) is 12.1. The maximum absolute atomic E-state index is 12.0. The normalized spacial score (nSPS) is 10.1. The van der Waals surface area contributed by atoms with Crippen LogP contribution >= 0.6 is 0 Å². The predicted molar refractivity (Wildman–Crippen MR) is 79.2 cm³/mol. The highest BCUT2D eigenvalue weighted by atomic mass is 16.2. The summed E-state index contributed by atoms with van der Waals surface area (Å²) in [5.41, 5.74) is 0.367. The molecule has 0 bridgehead atoms. The van der Waals surface area contributed by atoms with E-state index in [2.05, 4.69) is 29.1 Å². The van der Waals surface area contributed by atoms with Gasteiger partial charge in [-0.15, -0.1) is 6.58 Å². The molecule has 0 aliphatic rings. The molecule has 6 nitrogen and oxygen atoms in total. The first-order valence-corrected chi connectivity index (χ1v) is 6.82. The Kier molecular flexibility index (Phi) is 6.49. The Labute approximate surface area is 119 Å². The molecule has 1 amide bonds. The van der Waals surface area contributed by atoms with Crippen LogP contribution < -0.4 is 10.6 Å². The van der Waals surface area contributed by atoms with Gasteiger partial charge in [0.15, 0.2) is 23.6 Å². The molecule has 0 unspecified atom stereocenters. The van der Waals surface area contributed by atoms with Crippen molar-refractivity contribution in [1.29, 1.82) is 0 Å². The minimum Gasteiger partial charge on any atom is -0.368 e. The number of rotatable bonds is 9. The van der Waals surface area contributed by atoms with E-state index in [1.807, 2.05) is 0 Å². The number of hydrogen-bond acceptors (Lipinski definition) is 4. The van der Waals surface area contributed by atoms with Crippen molar-refractivity contribution in [2.75, 3.05) is 18.9 Å². The number of nitrogens with zero attached hydrogens (tertiary/aromatic N) is 2. The van der Waals surface area contributed by atoms with Crippen molar-refractivity contribution < 1.29 is 9.59 Å². The average molecular weight is 278 g/mol. The summed E-state index contributed by atoms with van der Waals surface area (Å²) in [5, 5.41) is 5.70. The molecule has 6 heteroatoms. The second-order valence-electron chi connectivity index (χ2n) is 4.40. The van der Waals surface area contributed by atoms with Gasteiger partial charge in [0.1, 0.15) is 0 Å². The van der Waals surface area contributed by atoms with E-state index in [-0.39, 0.29) is 11.7 Å². The number of imidazole rings is 1. The monoisotopic (exact) mass is 278 g/mol. The van der Waals surface area contributed by atoms with Gasteiger partial charge in [0, 0.05) is 20.1 Å². The Morgan fingerprint density at radius 3 is 2.75 bits per heavy atom. The van der Waals surface area contributed by atoms with Gasteiger partial charge in [-0.05, 0) is 6.42 Å². The molecule has 0 saturated heterocycles. The molecule has 0 aromatic carbocycles. The van der Waals surface area contributed by atoms with Crippen LogP contribution in [0.2, 0.25) is 0 Å². The Bertz CT molecular complexity index is 480. The number of hydrogen-bond donors (Lipinski definition) is 2. The molecule has 1 heterocycles. The minimum atomic E-state index is -0.273. The number of allylic oxidation sites excluding steroid dienone is 1. The largest absolute Gasteiger partial charge is 0.368 e. The first-order valence-electron chi connectivity index (χ1n) is 6.82. The third kappa shape index (κ3) is 3.69. The number of aromatic nitrogens is 2. The molecule has 110 valence electrons. The van der Waals surface area contributed by atoms with E-state index >= 15 is 0 Å². The number of carbonyl (C=O) groups excluding carboxylic acids is 2. The predicted octanol–water partition coefficient (Wildman–Crippen LogP) is 1.84. The number of aldehydes is 1. The van der Waals surface area contributed by atoms with Gasteiger partial charge in [-0.25, -0.2) is 4.98 Å². The summed E-state index contributed by atoms with van der Waals surface area (Å²) in [6.45, 7) is 6.85. The lowest BCUT2D eigenvalue weighted by Crippen LogP contribution is -2.23. The molecule has 0 aliphatic carbocycles. The zero-order chi connectivity index (χ0) is 15.0. The van der Waals surface area contributed by atoms with Crippen molar-refractivity contribution in [3.05, 3.63) is 24.2 Å². The van der Waals surface area contributed by atoms with Crippen molar-refractivity contribution in [3.8, 4) is 0 Å². The van der Waals surface area contributed by atoms with Gasteiger partial charge in [0.05, 0.1) is 0 Å². The SMILES string of the molecule is C=CCn1c(C=O)nc(NCCCCC)c1C(=O)NC. The highest BCUT2D eigenvalue weighted by Crippen LogP contribution is 2.17. The quantitative estimate of drug-likeness (QED) is 0.410. The smallest absolute Gasteiger partial charge is 0.271 e. The van der Waals surface area contributed by atoms with Gasteiger partial charge >= 0.3 is 0 Å². The second-order valence-corrected chi connectivity index (χ2v) is 4.40. The maximum Gasteiger partial charge on any atom is 0.271 e. The van der Waals surface area contributed by atoms with Crippen LogP contribution in [0.5, 0.6) is 0 Å². The molecule has 20 heavy (non-hydrogen) atoms. The fraction of sp³-hybridized carbons (Fsp3) is 0.500. The average Bonchev–Trinajstić information content (AvgIpc) is 2.81. The minimum absolute atomic E-state index is 0.224. The van der Waals surface area contributed by atoms with Crippen molar-refractivity contribution in [2.45, 2.75) is 32.7 Å². The molecule has 1 aromatic rings. The van der Waals surface area contributed by atoms with E-state index in [9.17, 15) is 9.59 Å². The van der Waals surface area contributed by atoms with E-state index in [1.165, 1.54) is 0 Å². The summed E-state index contributed by atoms with van der Waals surface area (Å²) >= 11 is 0. The van der Waals surface area contributed by atoms with Gasteiger partial charge in [-0.3, -0.25) is 9.59 Å². The molecular weight excluding hydrogens is 256 g/mol. The van der Waals surface area contributed by atoms with Gasteiger partial charge < -0.3 is 15.2 Å². The number of anilines is 1. The summed E-state index contributed by atoms with van der Waals surface area (Å²) in [6.07, 6.45) is 5.49. The highest BCUT2D eigenvalue weighted by molar-refractivity contribution is 5.98. The Morgan fingerprint density at radius 2 is 2.20 bits per heavy atom. The van der Waals surface area contributed by atoms with Gasteiger partial charge in [0.25, 0.3) is 5.91 Å². The van der Waals surface area contributed by atoms with E-state index in [1.54, 1.807) is 17.7 Å². The highest BCUT2D eigenvalue weighted by Gasteiger charge is 2.21. The third-order valence-corrected chi connectivity index (χ3v) is 2.93. The van der Waals surface area contributed by atoms with Crippen LogP contribution in [0.4, 0.5) is 5.82 Å². The van der Waals surface area contributed by atoms with Crippen LogP contribution in [0.25, 0.3) is 0 Å². The van der Waals surface area contributed by atoms with E-state index in [4.69, 9.17) is 0 Å². The van der Waals surface area contributed by atoms with E-state index in [0.29, 0.717) is 24.3 Å². The molecule has 0 spiro atoms. The molecule has 0 atom stereocenters. The fourth-order valence-corrected chi connectivity index (χ4v) is 1.93. The summed E-state index contributed by atoms with van der Waals surface area (Å²) in [7, 11) is 1.55. The van der Waals surface area contributed by atoms with Gasteiger partial charge in [0.2, 0.25) is 0 Å². The maximum atomic E-state index is 12.0. The second kappa shape index (κ2) is 8.14. The van der Waals surface area contributed by atoms with Crippen LogP contribution in [0, 0.1) is 0 Å². The lowest BCUT2D eigenvalue weighted by molar-refractivity contribution is 0.0955. The molecule has 1 rings (SSSR count). The van der Waals surface area contributed by atoms with E-state index < -0.39 is 0 Å². The van der Waals surface area contributed by atoms with Gasteiger partial charge in [-0.1, -0.05) is 25.8 Å². The van der Waals surface area contributed by atoms with Crippen molar-refractivity contribution in [3.63, 3.8) is 0 Å². The summed E-state index contributed by atoms with van der Waals surface area (Å²) in [4.78, 5) is 27.3. The number of unbranched alkanes of at least 4 members (excludes halogenated alkanes) is 2. The molecule has 0 fully saturated rings. The van der Waals surface area contributed by atoms with Crippen molar-refractivity contribution in [1.82, 2.24) is 14.9 Å². The molecule has 0 aliphatic heterocycles. The third-order valence-electron chi connectivity index (χ3n) is 2.93. The van der Waals surface area contributed by atoms with Crippen LogP contribution in [0.3, 0.4) is 0 Å². The standard InChI is InChI=1S/C14H22N4O2/c1-4-6-7-8-16-13-12(14(20)15-3)18(9-5-2)11(10-19)17-13/h5,10,16H,2,4,6-9H2,1,3H3,(H,15,20). The molecule has 0 radical (unpaired) electrons. The Balaban J connectivity index is 3.04. The Morgan fingerprint density at radius 1 is 1.45 bits per heavy atom. The Hall–Kier alpha value is -2.11. The topological polar surface area (TPSA) is 76.0 Å². The van der Waals surface area contributed by atoms with E-state index in [0.717, 1.165) is 25.8 Å². The summed E-state index contributed by atoms with van der Waals surface area (Å²) in [5.74, 6) is 0.399. The van der Waals surface area contributed by atoms with Crippen molar-refractivity contribution in [2.24, 2.45) is 0 Å². The number of amides is 1. The molecule has 2 N–H and O–H groups in total. The van der Waals surface area contributed by atoms with Gasteiger partial charge in [-0.2, -0.15) is 0 Å². The number of nitrogens with one attached hydrogen (secondary N) is 2. The lowest BCUT2D eigenvalue weighted by atomic mass is 10.2. The lowest BCUT2D eigenvalue weighted by Gasteiger charge is -2.08. The summed E-state index contributed by atoms with van der Waals surface area (Å²) in [6, 6.07) is 0. The fourth-order valence-electron chi connectivity index (χ4n) is 1.93. The molecule has 1 aromatic heterocycles. The molecular formula is C14H22N4O2. The van der Waals surface area contributed by atoms with Crippen LogP contribution in [0.15, 0.2) is 12.7 Å². The molecule has 0 saturated carbocycles. The van der Waals surface area contributed by atoms with Crippen LogP contribution in [-0.2, 0) is 6.54 Å². The summed E-state index contributed by atoms with van der Waals surface area (Å²) < 4.78 is 1.56. The van der Waals surface area contributed by atoms with Crippen molar-refractivity contribution >= 4 is 18.0 Å². The van der Waals surface area contributed by atoms with Crippen LogP contribution in [-0.4, -0.2) is 35.3 Å². The zero-order valence-corrected chi connectivity index (χ0v) is 12.1. The first-order chi connectivity index (χ1) is 9.69.